The molecular weight excluding hydrogens is 262 g/mol. The van der Waals surface area contributed by atoms with E-state index in [-0.39, 0.29) is 5.91 Å². The molecule has 0 saturated carbocycles. The van der Waals surface area contributed by atoms with Gasteiger partial charge in [0.2, 0.25) is 0 Å². The maximum Gasteiger partial charge on any atom is 0.328 e. The highest BCUT2D eigenvalue weighted by Crippen LogP contribution is 2.10. The van der Waals surface area contributed by atoms with Crippen molar-refractivity contribution in [1.29, 1.82) is 0 Å². The SMILES string of the molecule is CSCCN(C)C(=O)c1cccc(/C=C/C(=O)O)c1. The van der Waals surface area contributed by atoms with E-state index in [1.807, 2.05) is 6.26 Å². The minimum atomic E-state index is -1.01. The van der Waals surface area contributed by atoms with Gasteiger partial charge in [-0.15, -0.1) is 0 Å². The first-order valence-corrected chi connectivity index (χ1v) is 7.19. The lowest BCUT2D eigenvalue weighted by molar-refractivity contribution is -0.131. The van der Waals surface area contributed by atoms with Crippen molar-refractivity contribution in [2.45, 2.75) is 0 Å². The van der Waals surface area contributed by atoms with Crippen LogP contribution in [0.1, 0.15) is 15.9 Å². The van der Waals surface area contributed by atoms with Gasteiger partial charge in [0.25, 0.3) is 5.91 Å². The van der Waals surface area contributed by atoms with Crippen molar-refractivity contribution >= 4 is 29.7 Å². The molecule has 5 heteroatoms. The van der Waals surface area contributed by atoms with Crippen LogP contribution in [0.15, 0.2) is 30.3 Å². The van der Waals surface area contributed by atoms with E-state index < -0.39 is 5.97 Å². The van der Waals surface area contributed by atoms with Gasteiger partial charge >= 0.3 is 5.97 Å². The number of hydrogen-bond acceptors (Lipinski definition) is 3. The molecule has 1 aromatic rings. The number of aliphatic carboxylic acids is 1. The van der Waals surface area contributed by atoms with Gasteiger partial charge in [-0.2, -0.15) is 11.8 Å². The number of hydrogen-bond donors (Lipinski definition) is 1. The third-order valence-corrected chi connectivity index (χ3v) is 3.12. The Morgan fingerprint density at radius 3 is 2.79 bits per heavy atom. The number of rotatable bonds is 6. The molecule has 0 aliphatic rings. The fourth-order valence-electron chi connectivity index (χ4n) is 1.49. The molecule has 1 aromatic carbocycles. The molecule has 1 amide bonds. The maximum absolute atomic E-state index is 12.1. The van der Waals surface area contributed by atoms with Crippen molar-refractivity contribution in [2.24, 2.45) is 0 Å². The molecular formula is C14H17NO3S. The van der Waals surface area contributed by atoms with Crippen LogP contribution in [0.5, 0.6) is 0 Å². The van der Waals surface area contributed by atoms with Crippen LogP contribution in [0, 0.1) is 0 Å². The highest BCUT2D eigenvalue weighted by atomic mass is 32.2. The van der Waals surface area contributed by atoms with Crippen molar-refractivity contribution in [3.63, 3.8) is 0 Å². The highest BCUT2D eigenvalue weighted by Gasteiger charge is 2.10. The number of carboxylic acid groups (broad SMARTS) is 1. The predicted molar refractivity (Wildman–Crippen MR) is 78.5 cm³/mol. The van der Waals surface area contributed by atoms with E-state index in [9.17, 15) is 9.59 Å². The third kappa shape index (κ3) is 5.18. The summed E-state index contributed by atoms with van der Waals surface area (Å²) in [5.41, 5.74) is 1.27. The first-order chi connectivity index (χ1) is 9.04. The Hall–Kier alpha value is -1.75. The minimum Gasteiger partial charge on any atom is -0.478 e. The van der Waals surface area contributed by atoms with E-state index in [2.05, 4.69) is 0 Å². The molecule has 0 fully saturated rings. The standard InChI is InChI=1S/C14H17NO3S/c1-15(8-9-19-2)14(18)12-5-3-4-11(10-12)6-7-13(16)17/h3-7,10H,8-9H2,1-2H3,(H,16,17)/b7-6+. The highest BCUT2D eigenvalue weighted by molar-refractivity contribution is 7.98. The zero-order chi connectivity index (χ0) is 14.3. The largest absolute Gasteiger partial charge is 0.478 e. The summed E-state index contributed by atoms with van der Waals surface area (Å²) < 4.78 is 0. The summed E-state index contributed by atoms with van der Waals surface area (Å²) in [6.07, 6.45) is 4.53. The lowest BCUT2D eigenvalue weighted by Gasteiger charge is -2.16. The molecule has 0 aliphatic carbocycles. The van der Waals surface area contributed by atoms with Gasteiger partial charge in [0.1, 0.15) is 0 Å². The summed E-state index contributed by atoms with van der Waals surface area (Å²) in [7, 11) is 1.76. The summed E-state index contributed by atoms with van der Waals surface area (Å²) in [5, 5.41) is 8.57. The molecule has 0 heterocycles. The first-order valence-electron chi connectivity index (χ1n) is 5.80. The van der Waals surface area contributed by atoms with Crippen molar-refractivity contribution in [3.8, 4) is 0 Å². The van der Waals surface area contributed by atoms with Gasteiger partial charge in [-0.05, 0) is 30.0 Å². The molecule has 0 unspecified atom stereocenters. The maximum atomic E-state index is 12.1. The predicted octanol–water partition coefficient (Wildman–Crippen LogP) is 2.22. The lowest BCUT2D eigenvalue weighted by atomic mass is 10.1. The van der Waals surface area contributed by atoms with Gasteiger partial charge in [-0.25, -0.2) is 4.79 Å². The monoisotopic (exact) mass is 279 g/mol. The van der Waals surface area contributed by atoms with Gasteiger partial charge < -0.3 is 10.0 Å². The number of amides is 1. The molecule has 0 atom stereocenters. The smallest absolute Gasteiger partial charge is 0.328 e. The Balaban J connectivity index is 2.80. The fraction of sp³-hybridized carbons (Fsp3) is 0.286. The molecule has 0 aliphatic heterocycles. The number of benzene rings is 1. The Labute approximate surface area is 117 Å². The van der Waals surface area contributed by atoms with Gasteiger partial charge in [0.15, 0.2) is 0 Å². The number of thioether (sulfide) groups is 1. The third-order valence-electron chi connectivity index (χ3n) is 2.53. The molecule has 0 spiro atoms. The molecule has 1 rings (SSSR count). The van der Waals surface area contributed by atoms with Crippen LogP contribution in [0.25, 0.3) is 6.08 Å². The normalized spacial score (nSPS) is 10.6. The second-order valence-corrected chi connectivity index (χ2v) is 5.00. The van der Waals surface area contributed by atoms with E-state index in [1.54, 1.807) is 48.0 Å². The summed E-state index contributed by atoms with van der Waals surface area (Å²) in [4.78, 5) is 24.2. The Morgan fingerprint density at radius 1 is 1.42 bits per heavy atom. The van der Waals surface area contributed by atoms with Crippen LogP contribution >= 0.6 is 11.8 Å². The summed E-state index contributed by atoms with van der Waals surface area (Å²) in [6, 6.07) is 6.93. The molecule has 19 heavy (non-hydrogen) atoms. The van der Waals surface area contributed by atoms with Gasteiger partial charge in [0, 0.05) is 31.0 Å². The van der Waals surface area contributed by atoms with Crippen molar-refractivity contribution in [3.05, 3.63) is 41.5 Å². The lowest BCUT2D eigenvalue weighted by Crippen LogP contribution is -2.28. The fourth-order valence-corrected chi connectivity index (χ4v) is 1.95. The quantitative estimate of drug-likeness (QED) is 0.811. The average Bonchev–Trinajstić information content (AvgIpc) is 2.42. The van der Waals surface area contributed by atoms with E-state index in [4.69, 9.17) is 5.11 Å². The summed E-state index contributed by atoms with van der Waals surface area (Å²) >= 11 is 1.69. The van der Waals surface area contributed by atoms with Crippen molar-refractivity contribution in [1.82, 2.24) is 4.90 Å². The van der Waals surface area contributed by atoms with Crippen LogP contribution in [0.3, 0.4) is 0 Å². The number of carbonyl (C=O) groups is 2. The molecule has 4 nitrogen and oxygen atoms in total. The summed E-state index contributed by atoms with van der Waals surface area (Å²) in [5.74, 6) is -0.172. The first kappa shape index (κ1) is 15.3. The Bertz CT molecular complexity index is 485. The number of carbonyl (C=O) groups excluding carboxylic acids is 1. The van der Waals surface area contributed by atoms with Crippen LogP contribution in [0.2, 0.25) is 0 Å². The van der Waals surface area contributed by atoms with Gasteiger partial charge in [-0.3, -0.25) is 4.79 Å². The van der Waals surface area contributed by atoms with Crippen LogP contribution in [-0.4, -0.2) is 47.5 Å². The van der Waals surface area contributed by atoms with Gasteiger partial charge in [-0.1, -0.05) is 12.1 Å². The zero-order valence-corrected chi connectivity index (χ0v) is 11.8. The van der Waals surface area contributed by atoms with Gasteiger partial charge in [0.05, 0.1) is 0 Å². The zero-order valence-electron chi connectivity index (χ0n) is 11.0. The van der Waals surface area contributed by atoms with E-state index in [1.165, 1.54) is 6.08 Å². The molecule has 0 aromatic heterocycles. The van der Waals surface area contributed by atoms with E-state index in [0.29, 0.717) is 17.7 Å². The van der Waals surface area contributed by atoms with Crippen LogP contribution < -0.4 is 0 Å². The van der Waals surface area contributed by atoms with Crippen molar-refractivity contribution < 1.29 is 14.7 Å². The molecule has 0 saturated heterocycles. The molecule has 0 radical (unpaired) electrons. The van der Waals surface area contributed by atoms with E-state index in [0.717, 1.165) is 11.8 Å². The second kappa shape index (κ2) is 7.63. The van der Waals surface area contributed by atoms with E-state index >= 15 is 0 Å². The second-order valence-electron chi connectivity index (χ2n) is 4.02. The minimum absolute atomic E-state index is 0.0559. The molecule has 1 N–H and O–H groups in total. The Morgan fingerprint density at radius 2 is 2.16 bits per heavy atom. The molecule has 102 valence electrons. The van der Waals surface area contributed by atoms with Crippen molar-refractivity contribution in [2.75, 3.05) is 25.6 Å². The number of nitrogens with zero attached hydrogens (tertiary/aromatic N) is 1. The average molecular weight is 279 g/mol. The van der Waals surface area contributed by atoms with Crippen LogP contribution in [-0.2, 0) is 4.79 Å². The summed E-state index contributed by atoms with van der Waals surface area (Å²) in [6.45, 7) is 0.690. The Kier molecular flexibility index (Phi) is 6.15. The topological polar surface area (TPSA) is 57.6 Å². The van der Waals surface area contributed by atoms with Crippen LogP contribution in [0.4, 0.5) is 0 Å². The molecule has 0 bridgehead atoms. The number of carboxylic acids is 1.